The quantitative estimate of drug-likeness (QED) is 0.0480. The fourth-order valence-electron chi connectivity index (χ4n) is 3.27. The fraction of sp³-hybridized carbons (Fsp3) is 0.727. The molecule has 0 heterocycles. The minimum atomic E-state index is -1.29. The van der Waals surface area contributed by atoms with Gasteiger partial charge in [-0.15, -0.1) is 0 Å². The van der Waals surface area contributed by atoms with Gasteiger partial charge in [-0.05, 0) is 51.0 Å². The molecule has 0 saturated carbocycles. The molecule has 0 aliphatic rings. The van der Waals surface area contributed by atoms with E-state index >= 15 is 0 Å². The van der Waals surface area contributed by atoms with Gasteiger partial charge in [0, 0.05) is 13.0 Å². The number of aliphatic imine (C=N–C) groups is 1. The third-order valence-corrected chi connectivity index (χ3v) is 5.39. The van der Waals surface area contributed by atoms with Crippen LogP contribution in [-0.2, 0) is 24.0 Å². The van der Waals surface area contributed by atoms with E-state index in [-0.39, 0.29) is 31.8 Å². The van der Waals surface area contributed by atoms with Crippen molar-refractivity contribution in [2.45, 2.75) is 83.0 Å². The predicted octanol–water partition coefficient (Wildman–Crippen LogP) is -2.44. The van der Waals surface area contributed by atoms with Crippen LogP contribution in [0.5, 0.6) is 0 Å². The van der Waals surface area contributed by atoms with Gasteiger partial charge >= 0.3 is 11.9 Å². The van der Waals surface area contributed by atoms with Crippen LogP contribution in [0, 0.1) is 5.92 Å². The number of nitrogens with zero attached hydrogens (tertiary/aromatic N) is 1. The number of hydrogen-bond donors (Lipinski definition) is 9. The van der Waals surface area contributed by atoms with E-state index in [0.29, 0.717) is 25.8 Å². The maximum atomic E-state index is 13.0. The lowest BCUT2D eigenvalue weighted by atomic mass is 10.0. The number of unbranched alkanes of at least 4 members (excludes halogenated alkanes) is 1. The van der Waals surface area contributed by atoms with Crippen molar-refractivity contribution in [3.63, 3.8) is 0 Å². The molecule has 0 spiro atoms. The SMILES string of the molecule is CC(C)C(NC(=O)C(CCC(=O)O)NC(=O)C(N)CCCN=C(N)N)C(=O)NC(CCCCN)C(=O)O. The summed E-state index contributed by atoms with van der Waals surface area (Å²) in [6.07, 6.45) is 1.15. The van der Waals surface area contributed by atoms with Gasteiger partial charge in [-0.3, -0.25) is 24.2 Å². The van der Waals surface area contributed by atoms with Crippen LogP contribution in [0.3, 0.4) is 0 Å². The molecule has 13 N–H and O–H groups in total. The summed E-state index contributed by atoms with van der Waals surface area (Å²) in [5.74, 6) is -5.16. The first-order valence-electron chi connectivity index (χ1n) is 12.2. The second-order valence-electron chi connectivity index (χ2n) is 8.96. The van der Waals surface area contributed by atoms with E-state index in [2.05, 4.69) is 20.9 Å². The zero-order chi connectivity index (χ0) is 28.5. The van der Waals surface area contributed by atoms with Crippen molar-refractivity contribution in [1.29, 1.82) is 0 Å². The molecule has 0 aromatic heterocycles. The maximum absolute atomic E-state index is 13.0. The molecule has 0 bridgehead atoms. The predicted molar refractivity (Wildman–Crippen MR) is 136 cm³/mol. The normalized spacial score (nSPS) is 14.1. The van der Waals surface area contributed by atoms with E-state index in [0.717, 1.165) is 0 Å². The number of nitrogens with one attached hydrogen (secondary N) is 3. The second-order valence-corrected chi connectivity index (χ2v) is 8.96. The molecule has 0 radical (unpaired) electrons. The van der Waals surface area contributed by atoms with Crippen LogP contribution in [0.4, 0.5) is 0 Å². The third kappa shape index (κ3) is 14.6. The molecule has 212 valence electrons. The van der Waals surface area contributed by atoms with Crippen LogP contribution in [0.2, 0.25) is 0 Å². The topological polar surface area (TPSA) is 278 Å². The Balaban J connectivity index is 5.37. The van der Waals surface area contributed by atoms with E-state index in [1.807, 2.05) is 0 Å². The van der Waals surface area contributed by atoms with Gasteiger partial charge < -0.3 is 49.1 Å². The summed E-state index contributed by atoms with van der Waals surface area (Å²) in [6, 6.07) is -4.61. The maximum Gasteiger partial charge on any atom is 0.326 e. The second kappa shape index (κ2) is 17.9. The van der Waals surface area contributed by atoms with Crippen molar-refractivity contribution in [2.75, 3.05) is 13.1 Å². The Hall–Kier alpha value is -3.46. The zero-order valence-electron chi connectivity index (χ0n) is 21.4. The first-order valence-corrected chi connectivity index (χ1v) is 12.2. The number of hydrogen-bond acceptors (Lipinski definition) is 8. The smallest absolute Gasteiger partial charge is 0.326 e. The van der Waals surface area contributed by atoms with E-state index in [1.165, 1.54) is 0 Å². The Kier molecular flexibility index (Phi) is 16.2. The van der Waals surface area contributed by atoms with Crippen LogP contribution in [0.1, 0.15) is 58.8 Å². The van der Waals surface area contributed by atoms with E-state index < -0.39 is 66.2 Å². The Morgan fingerprint density at radius 3 is 1.95 bits per heavy atom. The van der Waals surface area contributed by atoms with Gasteiger partial charge in [-0.25, -0.2) is 4.79 Å². The Labute approximate surface area is 216 Å². The van der Waals surface area contributed by atoms with Gasteiger partial charge in [0.15, 0.2) is 5.96 Å². The summed E-state index contributed by atoms with van der Waals surface area (Å²) in [4.78, 5) is 64.8. The van der Waals surface area contributed by atoms with Gasteiger partial charge in [0.1, 0.15) is 18.1 Å². The third-order valence-electron chi connectivity index (χ3n) is 5.39. The summed E-state index contributed by atoms with van der Waals surface area (Å²) < 4.78 is 0. The lowest BCUT2D eigenvalue weighted by molar-refractivity contribution is -0.142. The van der Waals surface area contributed by atoms with Crippen molar-refractivity contribution in [3.05, 3.63) is 0 Å². The number of nitrogens with two attached hydrogens (primary N) is 4. The molecule has 0 fully saturated rings. The largest absolute Gasteiger partial charge is 0.481 e. The molecule has 37 heavy (non-hydrogen) atoms. The number of carbonyl (C=O) groups is 5. The van der Waals surface area contributed by atoms with Crippen LogP contribution in [-0.4, -0.2) is 83.1 Å². The molecule has 0 aliphatic carbocycles. The molecule has 0 rings (SSSR count). The molecular formula is C22H42N8O7. The lowest BCUT2D eigenvalue weighted by Crippen LogP contribution is -2.58. The van der Waals surface area contributed by atoms with Gasteiger partial charge in [0.25, 0.3) is 0 Å². The fourth-order valence-corrected chi connectivity index (χ4v) is 3.27. The molecule has 4 atom stereocenters. The van der Waals surface area contributed by atoms with E-state index in [9.17, 15) is 29.1 Å². The first kappa shape index (κ1) is 33.5. The zero-order valence-corrected chi connectivity index (χ0v) is 21.4. The molecule has 0 aromatic rings. The highest BCUT2D eigenvalue weighted by Gasteiger charge is 2.32. The summed E-state index contributed by atoms with van der Waals surface area (Å²) in [6.45, 7) is 3.92. The van der Waals surface area contributed by atoms with Crippen LogP contribution < -0.4 is 38.9 Å². The number of carboxylic acids is 2. The number of guanidine groups is 1. The molecule has 0 aromatic carbocycles. The van der Waals surface area contributed by atoms with Crippen molar-refractivity contribution < 1.29 is 34.2 Å². The number of rotatable bonds is 19. The van der Waals surface area contributed by atoms with Gasteiger partial charge in [0.05, 0.1) is 6.04 Å². The molecule has 0 saturated heterocycles. The van der Waals surface area contributed by atoms with E-state index in [1.54, 1.807) is 13.8 Å². The van der Waals surface area contributed by atoms with Crippen LogP contribution in [0.25, 0.3) is 0 Å². The molecular weight excluding hydrogens is 488 g/mol. The van der Waals surface area contributed by atoms with Crippen molar-refractivity contribution in [3.8, 4) is 0 Å². The number of amides is 3. The summed E-state index contributed by atoms with van der Waals surface area (Å²) >= 11 is 0. The average Bonchev–Trinajstić information content (AvgIpc) is 2.81. The highest BCUT2D eigenvalue weighted by atomic mass is 16.4. The van der Waals surface area contributed by atoms with Gasteiger partial charge in [-0.1, -0.05) is 13.8 Å². The highest BCUT2D eigenvalue weighted by molar-refractivity contribution is 5.94. The molecule has 15 nitrogen and oxygen atoms in total. The van der Waals surface area contributed by atoms with Crippen molar-refractivity contribution >= 4 is 35.6 Å². The van der Waals surface area contributed by atoms with Gasteiger partial charge in [0.2, 0.25) is 17.7 Å². The van der Waals surface area contributed by atoms with E-state index in [4.69, 9.17) is 28.0 Å². The molecule has 3 amide bonds. The van der Waals surface area contributed by atoms with Gasteiger partial charge in [-0.2, -0.15) is 0 Å². The number of aliphatic carboxylic acids is 2. The first-order chi connectivity index (χ1) is 17.3. The molecule has 15 heteroatoms. The standard InChI is InChI=1S/C22H42N8O7/c1-12(2)17(20(35)29-15(21(36)37)7-3-4-10-23)30-19(34)14(8-9-16(31)32)28-18(33)13(24)6-5-11-27-22(25)26/h12-15,17H,3-11,23-24H2,1-2H3,(H,28,33)(H,29,35)(H,30,34)(H,31,32)(H,36,37)(H4,25,26,27). The average molecular weight is 531 g/mol. The highest BCUT2D eigenvalue weighted by Crippen LogP contribution is 2.08. The summed E-state index contributed by atoms with van der Waals surface area (Å²) in [5.41, 5.74) is 21.8. The Morgan fingerprint density at radius 1 is 0.811 bits per heavy atom. The minimum absolute atomic E-state index is 0.0996. The Morgan fingerprint density at radius 2 is 1.43 bits per heavy atom. The Bertz CT molecular complexity index is 802. The van der Waals surface area contributed by atoms with Crippen LogP contribution >= 0.6 is 0 Å². The lowest BCUT2D eigenvalue weighted by Gasteiger charge is -2.27. The monoisotopic (exact) mass is 530 g/mol. The summed E-state index contributed by atoms with van der Waals surface area (Å²) in [5, 5.41) is 25.8. The number of carboxylic acid groups (broad SMARTS) is 2. The van der Waals surface area contributed by atoms with Crippen molar-refractivity contribution in [2.24, 2.45) is 33.8 Å². The van der Waals surface area contributed by atoms with Crippen molar-refractivity contribution in [1.82, 2.24) is 16.0 Å². The molecule has 4 unspecified atom stereocenters. The molecule has 0 aliphatic heterocycles. The number of carbonyl (C=O) groups excluding carboxylic acids is 3. The minimum Gasteiger partial charge on any atom is -0.481 e. The van der Waals surface area contributed by atoms with Crippen LogP contribution in [0.15, 0.2) is 4.99 Å². The summed E-state index contributed by atoms with van der Waals surface area (Å²) in [7, 11) is 0.